The molecule has 0 aromatic rings. The summed E-state index contributed by atoms with van der Waals surface area (Å²) in [6, 6.07) is 8.40. The third kappa shape index (κ3) is 3.99. The molecule has 0 aliphatic heterocycles. The van der Waals surface area contributed by atoms with E-state index in [0.717, 1.165) is 30.4 Å². The molecule has 6 heteroatoms. The summed E-state index contributed by atoms with van der Waals surface area (Å²) < 4.78 is 39.7. The van der Waals surface area contributed by atoms with E-state index < -0.39 is 10.1 Å². The average molecular weight is 316 g/mol. The van der Waals surface area contributed by atoms with E-state index in [2.05, 4.69) is 6.92 Å². The van der Waals surface area contributed by atoms with Gasteiger partial charge in [-0.25, -0.2) is 8.42 Å². The second-order valence-electron chi connectivity index (χ2n) is 4.67. The Balaban J connectivity index is 0.00000220. The predicted molar refractivity (Wildman–Crippen MR) is 76.2 cm³/mol. The van der Waals surface area contributed by atoms with Crippen molar-refractivity contribution in [1.29, 1.82) is 0 Å². The number of rotatable bonds is 5. The SMILES string of the molecule is CCCCc1cc(S(=O)(=O)[O-])c2ccccc(OC)c1-2.[Na+]. The molecule has 0 amide bonds. The van der Waals surface area contributed by atoms with Gasteiger partial charge in [-0.05, 0) is 30.5 Å². The van der Waals surface area contributed by atoms with E-state index >= 15 is 0 Å². The van der Waals surface area contributed by atoms with Crippen LogP contribution in [0.15, 0.2) is 35.2 Å². The standard InChI is InChI=1S/C15H18O4S.Na/c1-3-4-7-11-10-14(20(16,17)18)12-8-5-6-9-13(19-2)15(11)12;/h5-6,8-10H,3-4,7H2,1-2H3,(H,16,17,18);/q;+1/p-1. The number of aryl methyl sites for hydroxylation is 1. The first-order valence-electron chi connectivity index (χ1n) is 6.53. The van der Waals surface area contributed by atoms with Crippen LogP contribution in [0.4, 0.5) is 0 Å². The minimum absolute atomic E-state index is 0. The van der Waals surface area contributed by atoms with Gasteiger partial charge in [0.25, 0.3) is 0 Å². The van der Waals surface area contributed by atoms with Gasteiger partial charge in [-0.1, -0.05) is 31.5 Å². The zero-order valence-corrected chi connectivity index (χ0v) is 15.4. The number of methoxy groups -OCH3 is 1. The van der Waals surface area contributed by atoms with Crippen molar-refractivity contribution in [2.75, 3.05) is 7.11 Å². The first-order chi connectivity index (χ1) is 9.49. The normalized spacial score (nSPS) is 11.2. The molecule has 108 valence electrons. The van der Waals surface area contributed by atoms with Crippen LogP contribution in [0.25, 0.3) is 11.1 Å². The molecule has 0 atom stereocenters. The summed E-state index contributed by atoms with van der Waals surface area (Å²) in [5.41, 5.74) is 2.01. The third-order valence-electron chi connectivity index (χ3n) is 3.32. The molecule has 2 aliphatic carbocycles. The number of hydrogen-bond donors (Lipinski definition) is 0. The molecule has 0 aromatic carbocycles. The van der Waals surface area contributed by atoms with Gasteiger partial charge in [0.05, 0.1) is 12.0 Å². The number of ether oxygens (including phenoxy) is 1. The van der Waals surface area contributed by atoms with Crippen LogP contribution in [0.5, 0.6) is 5.75 Å². The van der Waals surface area contributed by atoms with Crippen LogP contribution in [0.2, 0.25) is 0 Å². The van der Waals surface area contributed by atoms with Crippen LogP contribution in [-0.2, 0) is 16.5 Å². The van der Waals surface area contributed by atoms with Crippen LogP contribution in [0.3, 0.4) is 0 Å². The molecule has 21 heavy (non-hydrogen) atoms. The molecule has 0 N–H and O–H groups in total. The summed E-state index contributed by atoms with van der Waals surface area (Å²) in [5, 5.41) is 0. The van der Waals surface area contributed by atoms with Crippen LogP contribution in [-0.4, -0.2) is 20.1 Å². The molecule has 2 aliphatic rings. The maximum Gasteiger partial charge on any atom is 1.00 e. The minimum atomic E-state index is -4.49. The fourth-order valence-corrected chi connectivity index (χ4v) is 3.11. The fraction of sp³-hybridized carbons (Fsp3) is 0.333. The molecule has 0 saturated heterocycles. The van der Waals surface area contributed by atoms with Gasteiger partial charge in [0.15, 0.2) is 0 Å². The molecule has 0 aromatic heterocycles. The number of fused-ring (bicyclic) bond motifs is 1. The first-order valence-corrected chi connectivity index (χ1v) is 7.94. The van der Waals surface area contributed by atoms with Gasteiger partial charge in [-0.2, -0.15) is 0 Å². The van der Waals surface area contributed by atoms with Gasteiger partial charge >= 0.3 is 29.6 Å². The number of hydrogen-bond acceptors (Lipinski definition) is 4. The number of unbranched alkanes of at least 4 members (excludes halogenated alkanes) is 1. The molecular weight excluding hydrogens is 299 g/mol. The second-order valence-corrected chi connectivity index (χ2v) is 6.01. The molecule has 0 bridgehead atoms. The van der Waals surface area contributed by atoms with Gasteiger partial charge in [0.1, 0.15) is 15.9 Å². The molecule has 4 nitrogen and oxygen atoms in total. The van der Waals surface area contributed by atoms with Gasteiger partial charge < -0.3 is 9.29 Å². The molecule has 2 rings (SSSR count). The van der Waals surface area contributed by atoms with Crippen molar-refractivity contribution < 1.29 is 47.3 Å². The van der Waals surface area contributed by atoms with Gasteiger partial charge in [-0.3, -0.25) is 0 Å². The van der Waals surface area contributed by atoms with E-state index in [1.54, 1.807) is 24.3 Å². The maximum atomic E-state index is 11.4. The summed E-state index contributed by atoms with van der Waals surface area (Å²) in [7, 11) is -2.96. The van der Waals surface area contributed by atoms with Crippen molar-refractivity contribution in [3.63, 3.8) is 0 Å². The zero-order valence-electron chi connectivity index (χ0n) is 12.5. The summed E-state index contributed by atoms with van der Waals surface area (Å²) in [5.74, 6) is 0.589. The smallest absolute Gasteiger partial charge is 0.744 e. The van der Waals surface area contributed by atoms with E-state index in [1.165, 1.54) is 13.2 Å². The van der Waals surface area contributed by atoms with E-state index in [1.807, 2.05) is 0 Å². The first kappa shape index (κ1) is 18.5. The second kappa shape index (κ2) is 7.61. The summed E-state index contributed by atoms with van der Waals surface area (Å²) in [4.78, 5) is -0.159. The van der Waals surface area contributed by atoms with Crippen molar-refractivity contribution in [2.24, 2.45) is 0 Å². The van der Waals surface area contributed by atoms with Crippen LogP contribution >= 0.6 is 0 Å². The van der Waals surface area contributed by atoms with E-state index in [0.29, 0.717) is 11.3 Å². The van der Waals surface area contributed by atoms with Crippen molar-refractivity contribution in [3.8, 4) is 16.9 Å². The Morgan fingerprint density at radius 3 is 2.48 bits per heavy atom. The van der Waals surface area contributed by atoms with Crippen molar-refractivity contribution in [3.05, 3.63) is 35.9 Å². The van der Waals surface area contributed by atoms with Gasteiger partial charge in [0.2, 0.25) is 0 Å². The average Bonchev–Trinajstić information content (AvgIpc) is 2.62. The summed E-state index contributed by atoms with van der Waals surface area (Å²) in [6.45, 7) is 2.06. The monoisotopic (exact) mass is 316 g/mol. The Labute approximate surface area is 147 Å². The Bertz CT molecular complexity index is 682. The van der Waals surface area contributed by atoms with Crippen LogP contribution < -0.4 is 34.3 Å². The molecule has 0 fully saturated rings. The van der Waals surface area contributed by atoms with E-state index in [9.17, 15) is 13.0 Å². The predicted octanol–water partition coefficient (Wildman–Crippen LogP) is 0.0507. The quantitative estimate of drug-likeness (QED) is 0.577. The summed E-state index contributed by atoms with van der Waals surface area (Å²) >= 11 is 0. The zero-order chi connectivity index (χ0) is 14.8. The largest absolute Gasteiger partial charge is 1.00 e. The van der Waals surface area contributed by atoms with E-state index in [-0.39, 0.29) is 34.5 Å². The molecule has 0 spiro atoms. The van der Waals surface area contributed by atoms with E-state index in [4.69, 9.17) is 4.74 Å². The topological polar surface area (TPSA) is 66.4 Å². The van der Waals surface area contributed by atoms with Crippen molar-refractivity contribution >= 4 is 10.1 Å². The Kier molecular flexibility index (Phi) is 6.69. The van der Waals surface area contributed by atoms with Crippen LogP contribution in [0.1, 0.15) is 25.3 Å². The molecule has 0 heterocycles. The third-order valence-corrected chi connectivity index (χ3v) is 4.19. The Hall–Kier alpha value is -0.590. The minimum Gasteiger partial charge on any atom is -0.744 e. The molecule has 0 radical (unpaired) electrons. The van der Waals surface area contributed by atoms with Crippen molar-refractivity contribution in [1.82, 2.24) is 0 Å². The van der Waals surface area contributed by atoms with Gasteiger partial charge in [-0.15, -0.1) is 0 Å². The van der Waals surface area contributed by atoms with Crippen molar-refractivity contribution in [2.45, 2.75) is 31.1 Å². The Morgan fingerprint density at radius 2 is 1.90 bits per heavy atom. The Morgan fingerprint density at radius 1 is 1.24 bits per heavy atom. The fourth-order valence-electron chi connectivity index (χ4n) is 2.38. The maximum absolute atomic E-state index is 11.4. The van der Waals surface area contributed by atoms with Gasteiger partial charge in [0, 0.05) is 11.1 Å². The summed E-state index contributed by atoms with van der Waals surface area (Å²) in [6.07, 6.45) is 2.65. The van der Waals surface area contributed by atoms with Crippen LogP contribution in [0, 0.1) is 0 Å². The molecule has 0 saturated carbocycles. The molecular formula is C15H17NaO4S. The molecule has 0 unspecified atom stereocenters.